The van der Waals surface area contributed by atoms with Gasteiger partial charge in [-0.05, 0) is 75.4 Å². The number of carbonyl (C=O) groups is 4. The highest BCUT2D eigenvalue weighted by Gasteiger charge is 2.37. The van der Waals surface area contributed by atoms with E-state index in [1.807, 2.05) is 18.2 Å². The molecule has 1 aliphatic heterocycles. The lowest BCUT2D eigenvalue weighted by molar-refractivity contribution is -0.156. The van der Waals surface area contributed by atoms with E-state index in [9.17, 15) is 19.2 Å². The van der Waals surface area contributed by atoms with Gasteiger partial charge in [-0.25, -0.2) is 0 Å². The molecule has 11 heteroatoms. The van der Waals surface area contributed by atoms with Crippen LogP contribution in [-0.4, -0.2) is 53.3 Å². The Bertz CT molecular complexity index is 1230. The summed E-state index contributed by atoms with van der Waals surface area (Å²) in [5.74, 6) is -0.922. The summed E-state index contributed by atoms with van der Waals surface area (Å²) in [5, 5.41) is 2.18. The summed E-state index contributed by atoms with van der Waals surface area (Å²) in [4.78, 5) is 50.6. The predicted octanol–water partition coefficient (Wildman–Crippen LogP) is 5.24. The number of carbonyl (C=O) groups excluding carboxylic acids is 4. The summed E-state index contributed by atoms with van der Waals surface area (Å²) < 4.78 is 17.1. The van der Waals surface area contributed by atoms with Crippen molar-refractivity contribution in [3.05, 3.63) is 57.4 Å². The first-order valence-corrected chi connectivity index (χ1v) is 13.0. The zero-order valence-electron chi connectivity index (χ0n) is 20.8. The van der Waals surface area contributed by atoms with Crippen LogP contribution in [0.4, 0.5) is 10.5 Å². The van der Waals surface area contributed by atoms with Crippen molar-refractivity contribution in [3.63, 3.8) is 0 Å². The second-order valence-corrected chi connectivity index (χ2v) is 10.7. The Morgan fingerprint density at radius 3 is 2.41 bits per heavy atom. The number of thioether (sulfide) groups is 1. The van der Waals surface area contributed by atoms with E-state index in [2.05, 4.69) is 21.2 Å². The molecule has 0 atom stereocenters. The molecule has 196 valence electrons. The van der Waals surface area contributed by atoms with E-state index >= 15 is 0 Å². The number of nitrogens with zero attached hydrogens (tertiary/aromatic N) is 1. The largest absolute Gasteiger partial charge is 0.490 e. The monoisotopic (exact) mass is 590 g/mol. The molecule has 1 N–H and O–H groups in total. The van der Waals surface area contributed by atoms with Crippen LogP contribution in [0.3, 0.4) is 0 Å². The molecular formula is C26H27BrN2O7S. The molecule has 3 amide bonds. The minimum atomic E-state index is -0.735. The summed E-state index contributed by atoms with van der Waals surface area (Å²) in [6.07, 6.45) is 1.53. The molecule has 0 aromatic heterocycles. The average molecular weight is 591 g/mol. The van der Waals surface area contributed by atoms with Gasteiger partial charge in [0.05, 0.1) is 11.5 Å². The number of esters is 1. The van der Waals surface area contributed by atoms with E-state index in [1.54, 1.807) is 52.0 Å². The molecule has 37 heavy (non-hydrogen) atoms. The molecule has 2 aromatic rings. The van der Waals surface area contributed by atoms with E-state index in [0.717, 1.165) is 16.7 Å². The molecular weight excluding hydrogens is 564 g/mol. The zero-order chi connectivity index (χ0) is 27.2. The van der Waals surface area contributed by atoms with Crippen LogP contribution in [0, 0.1) is 0 Å². The number of imide groups is 1. The van der Waals surface area contributed by atoms with Crippen molar-refractivity contribution in [2.45, 2.75) is 33.3 Å². The number of hydrogen-bond donors (Lipinski definition) is 1. The molecule has 2 aromatic carbocycles. The Balaban J connectivity index is 1.74. The van der Waals surface area contributed by atoms with Crippen LogP contribution < -0.4 is 14.8 Å². The van der Waals surface area contributed by atoms with Gasteiger partial charge in [0.2, 0.25) is 0 Å². The molecule has 0 bridgehead atoms. The molecule has 1 heterocycles. The molecule has 0 radical (unpaired) electrons. The number of para-hydroxylation sites is 1. The molecule has 0 unspecified atom stereocenters. The third kappa shape index (κ3) is 8.09. The lowest BCUT2D eigenvalue weighted by atomic mass is 10.1. The minimum Gasteiger partial charge on any atom is -0.490 e. The van der Waals surface area contributed by atoms with E-state index in [0.29, 0.717) is 33.8 Å². The molecule has 3 rings (SSSR count). The summed E-state index contributed by atoms with van der Waals surface area (Å²) in [7, 11) is 0. The van der Waals surface area contributed by atoms with E-state index in [-0.39, 0.29) is 17.4 Å². The maximum absolute atomic E-state index is 12.8. The average Bonchev–Trinajstić information content (AvgIpc) is 3.07. The van der Waals surface area contributed by atoms with Crippen LogP contribution in [0.5, 0.6) is 11.5 Å². The second-order valence-electron chi connectivity index (χ2n) is 8.81. The zero-order valence-corrected chi connectivity index (χ0v) is 23.2. The quantitative estimate of drug-likeness (QED) is 0.311. The molecule has 1 fully saturated rings. The van der Waals surface area contributed by atoms with Gasteiger partial charge < -0.3 is 19.5 Å². The highest BCUT2D eigenvalue weighted by Crippen LogP contribution is 2.38. The number of halogens is 1. The van der Waals surface area contributed by atoms with Crippen molar-refractivity contribution >= 4 is 62.5 Å². The third-order valence-electron chi connectivity index (χ3n) is 4.65. The first kappa shape index (κ1) is 28.3. The molecule has 9 nitrogen and oxygen atoms in total. The van der Waals surface area contributed by atoms with E-state index in [4.69, 9.17) is 14.2 Å². The molecule has 1 aliphatic rings. The van der Waals surface area contributed by atoms with Gasteiger partial charge in [0.15, 0.2) is 18.1 Å². The van der Waals surface area contributed by atoms with Gasteiger partial charge in [-0.1, -0.05) is 34.1 Å². The number of nitrogens with one attached hydrogen (secondary N) is 1. The first-order chi connectivity index (χ1) is 17.5. The van der Waals surface area contributed by atoms with Crippen molar-refractivity contribution in [2.75, 3.05) is 25.1 Å². The lowest BCUT2D eigenvalue weighted by Crippen LogP contribution is -2.37. The number of amides is 3. The fourth-order valence-electron chi connectivity index (χ4n) is 3.18. The number of anilines is 1. The fraction of sp³-hybridized carbons (Fsp3) is 0.308. The Hall–Kier alpha value is -3.31. The summed E-state index contributed by atoms with van der Waals surface area (Å²) in [6, 6.07) is 12.3. The normalized spacial score (nSPS) is 14.6. The van der Waals surface area contributed by atoms with Crippen molar-refractivity contribution < 1.29 is 33.4 Å². The Kier molecular flexibility index (Phi) is 9.39. The Labute approximate surface area is 227 Å². The highest BCUT2D eigenvalue weighted by atomic mass is 79.9. The maximum atomic E-state index is 12.8. The predicted molar refractivity (Wildman–Crippen MR) is 144 cm³/mol. The fourth-order valence-corrected chi connectivity index (χ4v) is 4.45. The Morgan fingerprint density at radius 2 is 1.76 bits per heavy atom. The van der Waals surface area contributed by atoms with Crippen molar-refractivity contribution in [1.29, 1.82) is 0 Å². The summed E-state index contributed by atoms with van der Waals surface area (Å²) in [6.45, 7) is 6.53. The maximum Gasteiger partial charge on any atom is 0.326 e. The van der Waals surface area contributed by atoms with Crippen LogP contribution in [0.1, 0.15) is 33.3 Å². The topological polar surface area (TPSA) is 111 Å². The van der Waals surface area contributed by atoms with Gasteiger partial charge in [-0.2, -0.15) is 0 Å². The summed E-state index contributed by atoms with van der Waals surface area (Å²) in [5.41, 5.74) is 0.465. The van der Waals surface area contributed by atoms with E-state index < -0.39 is 29.3 Å². The molecule has 1 saturated heterocycles. The van der Waals surface area contributed by atoms with Gasteiger partial charge in [0.25, 0.3) is 17.1 Å². The van der Waals surface area contributed by atoms with Crippen LogP contribution in [-0.2, 0) is 19.1 Å². The summed E-state index contributed by atoms with van der Waals surface area (Å²) >= 11 is 4.18. The van der Waals surface area contributed by atoms with Gasteiger partial charge in [0.1, 0.15) is 12.1 Å². The lowest BCUT2D eigenvalue weighted by Gasteiger charge is -2.21. The highest BCUT2D eigenvalue weighted by molar-refractivity contribution is 9.10. The van der Waals surface area contributed by atoms with Crippen molar-refractivity contribution in [1.82, 2.24) is 4.90 Å². The van der Waals surface area contributed by atoms with E-state index in [1.165, 1.54) is 6.08 Å². The smallest absolute Gasteiger partial charge is 0.326 e. The SMILES string of the molecule is CCOc1cc(C=C2SC(=O)N(CC(=O)OC(C)(C)C)C2=O)c(Br)cc1OCC(=O)Nc1ccccc1. The minimum absolute atomic E-state index is 0.146. The molecule has 0 spiro atoms. The van der Waals surface area contributed by atoms with Crippen LogP contribution in [0.25, 0.3) is 6.08 Å². The van der Waals surface area contributed by atoms with Crippen molar-refractivity contribution in [2.24, 2.45) is 0 Å². The Morgan fingerprint density at radius 1 is 1.08 bits per heavy atom. The number of benzene rings is 2. The van der Waals surface area contributed by atoms with Crippen molar-refractivity contribution in [3.8, 4) is 11.5 Å². The number of ether oxygens (including phenoxy) is 3. The number of hydrogen-bond acceptors (Lipinski definition) is 8. The first-order valence-electron chi connectivity index (χ1n) is 11.4. The van der Waals surface area contributed by atoms with Crippen LogP contribution in [0.15, 0.2) is 51.8 Å². The van der Waals surface area contributed by atoms with Gasteiger partial charge in [-0.3, -0.25) is 24.1 Å². The van der Waals surface area contributed by atoms with Gasteiger partial charge in [0, 0.05) is 10.2 Å². The standard InChI is InChI=1S/C26H27BrN2O7S/c1-5-34-19-11-16(12-21-24(32)29(25(33)37-21)14-23(31)36-26(2,3)4)18(27)13-20(19)35-15-22(30)28-17-9-7-6-8-10-17/h6-13H,5,14-15H2,1-4H3,(H,28,30). The third-order valence-corrected chi connectivity index (χ3v) is 6.24. The van der Waals surface area contributed by atoms with Crippen LogP contribution >= 0.6 is 27.7 Å². The van der Waals surface area contributed by atoms with Gasteiger partial charge in [-0.15, -0.1) is 0 Å². The number of rotatable bonds is 9. The van der Waals surface area contributed by atoms with Gasteiger partial charge >= 0.3 is 5.97 Å². The molecule has 0 aliphatic carbocycles. The van der Waals surface area contributed by atoms with Crippen LogP contribution in [0.2, 0.25) is 0 Å². The molecule has 0 saturated carbocycles. The second kappa shape index (κ2) is 12.3.